The zero-order valence-electron chi connectivity index (χ0n) is 18.4. The fourth-order valence-electron chi connectivity index (χ4n) is 3.46. The van der Waals surface area contributed by atoms with Gasteiger partial charge in [-0.25, -0.2) is 14.4 Å². The maximum Gasteiger partial charge on any atom is 0.231 e. The van der Waals surface area contributed by atoms with E-state index in [4.69, 9.17) is 15.2 Å². The topological polar surface area (TPSA) is 107 Å². The van der Waals surface area contributed by atoms with Gasteiger partial charge in [-0.1, -0.05) is 6.07 Å². The number of nitrogens with two attached hydrogens (primary N) is 1. The van der Waals surface area contributed by atoms with Gasteiger partial charge in [0.1, 0.15) is 17.3 Å². The van der Waals surface area contributed by atoms with Crippen LogP contribution in [0.15, 0.2) is 41.5 Å². The second kappa shape index (κ2) is 9.86. The smallest absolute Gasteiger partial charge is 0.231 e. The number of methoxy groups -OCH3 is 1. The van der Waals surface area contributed by atoms with E-state index < -0.39 is 11.4 Å². The fraction of sp³-hybridized carbons (Fsp3) is 0.391. The van der Waals surface area contributed by atoms with Crippen molar-refractivity contribution in [1.29, 1.82) is 0 Å². The Morgan fingerprint density at radius 3 is 2.72 bits per heavy atom. The number of hydrogen-bond acceptors (Lipinski definition) is 7. The number of nitrogens with zero attached hydrogens (tertiary/aromatic N) is 3. The Labute approximate surface area is 186 Å². The molecule has 2 N–H and O–H groups in total. The molecular weight excluding hydrogens is 415 g/mol. The molecule has 0 bridgehead atoms. The van der Waals surface area contributed by atoms with E-state index in [1.165, 1.54) is 30.3 Å². The molecule has 1 aliphatic rings. The molecule has 1 unspecified atom stereocenters. The van der Waals surface area contributed by atoms with Crippen LogP contribution in [-0.2, 0) is 21.5 Å². The van der Waals surface area contributed by atoms with E-state index in [1.54, 1.807) is 32.2 Å². The Morgan fingerprint density at radius 1 is 1.28 bits per heavy atom. The van der Waals surface area contributed by atoms with E-state index in [-0.39, 0.29) is 41.7 Å². The molecule has 1 amide bonds. The van der Waals surface area contributed by atoms with Crippen molar-refractivity contribution in [3.8, 4) is 5.75 Å². The normalized spacial score (nSPS) is 18.4. The standard InChI is InChI=1S/C23H27FN4O4/c1-23(13-21(30)28(2)22(25)27-23)17-11-15(5-7-18(17)24)12-20(29)19-8-6-16(14-26-19)32-10-4-9-31-3/h5-8,11,14H,4,9-10,12-13H2,1-3H3,(H2,25,27). The number of ether oxygens (including phenoxy) is 2. The number of carbonyl (C=O) groups excluding carboxylic acids is 2. The summed E-state index contributed by atoms with van der Waals surface area (Å²) in [6, 6.07) is 7.67. The van der Waals surface area contributed by atoms with Crippen molar-refractivity contribution in [3.05, 3.63) is 59.2 Å². The van der Waals surface area contributed by atoms with Crippen molar-refractivity contribution < 1.29 is 23.5 Å². The summed E-state index contributed by atoms with van der Waals surface area (Å²) in [6.45, 7) is 2.75. The molecule has 0 spiro atoms. The van der Waals surface area contributed by atoms with Crippen LogP contribution in [0.3, 0.4) is 0 Å². The van der Waals surface area contributed by atoms with Gasteiger partial charge >= 0.3 is 0 Å². The molecule has 1 aromatic carbocycles. The number of benzene rings is 1. The van der Waals surface area contributed by atoms with Crippen LogP contribution in [-0.4, -0.2) is 54.9 Å². The van der Waals surface area contributed by atoms with Gasteiger partial charge in [0.2, 0.25) is 5.91 Å². The minimum atomic E-state index is -1.14. The summed E-state index contributed by atoms with van der Waals surface area (Å²) < 4.78 is 25.2. The molecule has 0 saturated heterocycles. The van der Waals surface area contributed by atoms with E-state index in [2.05, 4.69) is 9.98 Å². The highest BCUT2D eigenvalue weighted by molar-refractivity contribution is 5.99. The van der Waals surface area contributed by atoms with Gasteiger partial charge in [0.05, 0.1) is 24.8 Å². The second-order valence-corrected chi connectivity index (χ2v) is 7.86. The van der Waals surface area contributed by atoms with Crippen molar-refractivity contribution >= 4 is 17.6 Å². The number of amides is 1. The molecule has 0 aliphatic carbocycles. The van der Waals surface area contributed by atoms with Gasteiger partial charge in [-0.2, -0.15) is 0 Å². The summed E-state index contributed by atoms with van der Waals surface area (Å²) in [6.07, 6.45) is 2.25. The third-order valence-corrected chi connectivity index (χ3v) is 5.33. The Morgan fingerprint density at radius 2 is 2.06 bits per heavy atom. The van der Waals surface area contributed by atoms with Gasteiger partial charge in [-0.15, -0.1) is 0 Å². The number of aliphatic imine (C=N–C) groups is 1. The van der Waals surface area contributed by atoms with Crippen LogP contribution in [0, 0.1) is 5.82 Å². The molecule has 2 heterocycles. The molecule has 0 radical (unpaired) electrons. The molecule has 1 aliphatic heterocycles. The summed E-state index contributed by atoms with van der Waals surface area (Å²) >= 11 is 0. The third kappa shape index (κ3) is 5.28. The zero-order valence-corrected chi connectivity index (χ0v) is 18.4. The van der Waals surface area contributed by atoms with Crippen molar-refractivity contribution in [1.82, 2.24) is 9.88 Å². The molecule has 3 rings (SSSR count). The number of halogens is 1. The zero-order chi connectivity index (χ0) is 23.3. The van der Waals surface area contributed by atoms with Crippen LogP contribution in [0.1, 0.15) is 41.4 Å². The molecule has 0 fully saturated rings. The van der Waals surface area contributed by atoms with Crippen LogP contribution in [0.5, 0.6) is 5.75 Å². The average Bonchev–Trinajstić information content (AvgIpc) is 2.76. The molecule has 9 heteroatoms. The van der Waals surface area contributed by atoms with Crippen molar-refractivity contribution in [3.63, 3.8) is 0 Å². The van der Waals surface area contributed by atoms with E-state index in [0.29, 0.717) is 24.5 Å². The third-order valence-electron chi connectivity index (χ3n) is 5.33. The number of aromatic nitrogens is 1. The Balaban J connectivity index is 1.73. The molecule has 32 heavy (non-hydrogen) atoms. The van der Waals surface area contributed by atoms with Gasteiger partial charge in [0.15, 0.2) is 11.7 Å². The largest absolute Gasteiger partial charge is 0.492 e. The van der Waals surface area contributed by atoms with Gasteiger partial charge in [0.25, 0.3) is 0 Å². The van der Waals surface area contributed by atoms with E-state index in [1.807, 2.05) is 0 Å². The van der Waals surface area contributed by atoms with Crippen LogP contribution < -0.4 is 10.5 Å². The average molecular weight is 442 g/mol. The lowest BCUT2D eigenvalue weighted by atomic mass is 9.85. The first-order valence-corrected chi connectivity index (χ1v) is 10.3. The lowest BCUT2D eigenvalue weighted by Crippen LogP contribution is -2.47. The number of ketones is 1. The van der Waals surface area contributed by atoms with Crippen LogP contribution >= 0.6 is 0 Å². The Bertz CT molecular complexity index is 1030. The Hall–Kier alpha value is -3.33. The highest BCUT2D eigenvalue weighted by Gasteiger charge is 2.38. The maximum absolute atomic E-state index is 14.7. The lowest BCUT2D eigenvalue weighted by Gasteiger charge is -2.34. The Kier molecular flexibility index (Phi) is 7.19. The number of pyridine rings is 1. The first kappa shape index (κ1) is 23.3. The highest BCUT2D eigenvalue weighted by atomic mass is 19.1. The van der Waals surface area contributed by atoms with Gasteiger partial charge < -0.3 is 15.2 Å². The second-order valence-electron chi connectivity index (χ2n) is 7.86. The summed E-state index contributed by atoms with van der Waals surface area (Å²) in [5.74, 6) is -0.392. The lowest BCUT2D eigenvalue weighted by molar-refractivity contribution is -0.128. The number of carbonyl (C=O) groups is 2. The van der Waals surface area contributed by atoms with Gasteiger partial charge in [0, 0.05) is 39.2 Å². The number of hydrogen-bond donors (Lipinski definition) is 1. The first-order chi connectivity index (χ1) is 15.2. The summed E-state index contributed by atoms with van der Waals surface area (Å²) in [7, 11) is 3.15. The number of rotatable bonds is 9. The van der Waals surface area contributed by atoms with Crippen LogP contribution in [0.25, 0.3) is 0 Å². The van der Waals surface area contributed by atoms with Crippen molar-refractivity contribution in [2.75, 3.05) is 27.4 Å². The molecule has 1 atom stereocenters. The monoisotopic (exact) mass is 442 g/mol. The minimum Gasteiger partial charge on any atom is -0.492 e. The quantitative estimate of drug-likeness (QED) is 0.472. The van der Waals surface area contributed by atoms with Crippen LogP contribution in [0.2, 0.25) is 0 Å². The number of Topliss-reactive ketones (excluding diaryl/α,β-unsaturated/α-hetero) is 1. The maximum atomic E-state index is 14.7. The van der Waals surface area contributed by atoms with E-state index in [0.717, 1.165) is 6.42 Å². The van der Waals surface area contributed by atoms with Crippen molar-refractivity contribution in [2.24, 2.45) is 10.7 Å². The summed E-state index contributed by atoms with van der Waals surface area (Å²) in [5.41, 5.74) is 5.79. The fourth-order valence-corrected chi connectivity index (χ4v) is 3.46. The highest BCUT2D eigenvalue weighted by Crippen LogP contribution is 2.35. The summed E-state index contributed by atoms with van der Waals surface area (Å²) in [4.78, 5) is 34.7. The predicted octanol–water partition coefficient (Wildman–Crippen LogP) is 2.45. The molecular formula is C23H27FN4O4. The van der Waals surface area contributed by atoms with Crippen molar-refractivity contribution in [2.45, 2.75) is 31.7 Å². The first-order valence-electron chi connectivity index (χ1n) is 10.3. The van der Waals surface area contributed by atoms with Crippen LogP contribution in [0.4, 0.5) is 4.39 Å². The molecule has 1 aromatic heterocycles. The minimum absolute atomic E-state index is 0.0219. The molecule has 0 saturated carbocycles. The molecule has 8 nitrogen and oxygen atoms in total. The summed E-state index contributed by atoms with van der Waals surface area (Å²) in [5, 5.41) is 0. The predicted molar refractivity (Wildman–Crippen MR) is 117 cm³/mol. The molecule has 170 valence electrons. The van der Waals surface area contributed by atoms with E-state index >= 15 is 0 Å². The van der Waals surface area contributed by atoms with Gasteiger partial charge in [-0.3, -0.25) is 14.5 Å². The van der Waals surface area contributed by atoms with E-state index in [9.17, 15) is 14.0 Å². The SMILES string of the molecule is COCCCOc1ccc(C(=O)Cc2ccc(F)c(C3(C)CC(=O)N(C)C(N)=N3)c2)nc1. The molecule has 2 aromatic rings. The van der Waals surface area contributed by atoms with Gasteiger partial charge in [-0.05, 0) is 36.8 Å². The number of guanidine groups is 1.